The topological polar surface area (TPSA) is 55.4 Å². The Labute approximate surface area is 193 Å². The molecule has 1 N–H and O–H groups in total. The molecule has 10 heteroatoms. The molecule has 0 spiro atoms. The maximum Gasteiger partial charge on any atom is 0.456 e. The van der Waals surface area contributed by atoms with Crippen LogP contribution in [0.2, 0.25) is 0 Å². The standard InChI is InChI=1S/C23H26F5NO3S/c1-4-10-15-17(21(31)33-6-3)16(5-2)29-19(14-11-8-7-9-12-14)18(15)20(30)32-13-22(24,25)23(26,27)28/h7-9,11-12,15,29H,4-6,10,13H2,1-3H3. The van der Waals surface area contributed by atoms with E-state index in [2.05, 4.69) is 10.1 Å². The number of hydrogen-bond donors (Lipinski definition) is 1. The molecule has 2 rings (SSSR count). The molecule has 33 heavy (non-hydrogen) atoms. The van der Waals surface area contributed by atoms with Crippen molar-refractivity contribution in [2.45, 2.75) is 52.1 Å². The van der Waals surface area contributed by atoms with E-state index >= 15 is 0 Å². The summed E-state index contributed by atoms with van der Waals surface area (Å²) < 4.78 is 69.2. The number of hydrogen-bond acceptors (Lipinski definition) is 5. The maximum absolute atomic E-state index is 13.4. The number of nitrogens with one attached hydrogen (secondary N) is 1. The zero-order valence-electron chi connectivity index (χ0n) is 18.5. The number of ether oxygens (including phenoxy) is 1. The molecule has 0 amide bonds. The second-order valence-electron chi connectivity index (χ2n) is 7.37. The summed E-state index contributed by atoms with van der Waals surface area (Å²) in [6.45, 7) is 3.30. The highest BCUT2D eigenvalue weighted by Gasteiger charge is 2.58. The minimum atomic E-state index is -5.86. The Kier molecular flexibility index (Phi) is 9.11. The van der Waals surface area contributed by atoms with Gasteiger partial charge in [-0.2, -0.15) is 22.0 Å². The van der Waals surface area contributed by atoms with Crippen LogP contribution in [-0.2, 0) is 14.3 Å². The average molecular weight is 492 g/mol. The van der Waals surface area contributed by atoms with E-state index in [1.54, 1.807) is 37.3 Å². The lowest BCUT2D eigenvalue weighted by atomic mass is 9.81. The minimum Gasteiger partial charge on any atom is -0.455 e. The molecule has 0 fully saturated rings. The van der Waals surface area contributed by atoms with Gasteiger partial charge in [-0.15, -0.1) is 0 Å². The third-order valence-electron chi connectivity index (χ3n) is 5.08. The van der Waals surface area contributed by atoms with E-state index in [0.717, 1.165) is 11.8 Å². The number of halogens is 5. The third kappa shape index (κ3) is 6.16. The molecule has 1 aliphatic rings. The fourth-order valence-electron chi connectivity index (χ4n) is 3.54. The lowest BCUT2D eigenvalue weighted by Gasteiger charge is -2.32. The number of benzene rings is 1. The second-order valence-corrected chi connectivity index (χ2v) is 8.60. The fourth-order valence-corrected chi connectivity index (χ4v) is 4.22. The Morgan fingerprint density at radius 1 is 1.03 bits per heavy atom. The summed E-state index contributed by atoms with van der Waals surface area (Å²) in [6, 6.07) is 8.47. The van der Waals surface area contributed by atoms with Crippen LogP contribution in [0.4, 0.5) is 22.0 Å². The molecular weight excluding hydrogens is 465 g/mol. The zero-order chi connectivity index (χ0) is 24.8. The molecule has 1 heterocycles. The molecule has 0 aromatic heterocycles. The number of dihydropyridines is 1. The van der Waals surface area contributed by atoms with Crippen molar-refractivity contribution in [1.29, 1.82) is 0 Å². The Bertz CT molecular complexity index is 926. The van der Waals surface area contributed by atoms with Gasteiger partial charge in [0.1, 0.15) is 0 Å². The quantitative estimate of drug-likeness (QED) is 0.334. The smallest absolute Gasteiger partial charge is 0.455 e. The number of rotatable bonds is 9. The molecule has 0 saturated carbocycles. The molecule has 4 nitrogen and oxygen atoms in total. The molecule has 0 aliphatic carbocycles. The SMILES string of the molecule is CCCC1C(C(=O)SCC)=C(CC)NC(c2ccccc2)=C1C(=O)OCC(F)(F)C(F)(F)F. The normalized spacial score (nSPS) is 17.2. The summed E-state index contributed by atoms with van der Waals surface area (Å²) >= 11 is 1.04. The van der Waals surface area contributed by atoms with Crippen LogP contribution in [0.1, 0.15) is 45.6 Å². The number of carbonyl (C=O) groups is 2. The van der Waals surface area contributed by atoms with Gasteiger partial charge in [0, 0.05) is 17.2 Å². The summed E-state index contributed by atoms with van der Waals surface area (Å²) in [6.07, 6.45) is -4.58. The predicted octanol–water partition coefficient (Wildman–Crippen LogP) is 6.10. The van der Waals surface area contributed by atoms with Gasteiger partial charge in [0.2, 0.25) is 5.12 Å². The van der Waals surface area contributed by atoms with Crippen LogP contribution in [0.5, 0.6) is 0 Å². The number of allylic oxidation sites excluding steroid dienone is 1. The number of thioether (sulfide) groups is 1. The van der Waals surface area contributed by atoms with E-state index in [-0.39, 0.29) is 16.4 Å². The van der Waals surface area contributed by atoms with Crippen LogP contribution in [0.25, 0.3) is 5.70 Å². The van der Waals surface area contributed by atoms with Crippen LogP contribution in [-0.4, -0.2) is 35.5 Å². The van der Waals surface area contributed by atoms with Gasteiger partial charge in [-0.1, -0.05) is 69.3 Å². The first-order valence-corrected chi connectivity index (χ1v) is 11.5. The highest BCUT2D eigenvalue weighted by atomic mass is 32.2. The van der Waals surface area contributed by atoms with Crippen LogP contribution >= 0.6 is 11.8 Å². The first-order valence-electron chi connectivity index (χ1n) is 10.6. The molecular formula is C23H26F5NO3S. The van der Waals surface area contributed by atoms with Crippen molar-refractivity contribution in [3.05, 3.63) is 52.7 Å². The number of alkyl halides is 5. The highest BCUT2D eigenvalue weighted by molar-refractivity contribution is 8.14. The lowest BCUT2D eigenvalue weighted by Crippen LogP contribution is -2.42. The van der Waals surface area contributed by atoms with Gasteiger partial charge in [-0.3, -0.25) is 4.79 Å². The van der Waals surface area contributed by atoms with Gasteiger partial charge in [-0.05, 0) is 24.2 Å². The van der Waals surface area contributed by atoms with E-state index in [9.17, 15) is 31.5 Å². The van der Waals surface area contributed by atoms with Crippen molar-refractivity contribution in [1.82, 2.24) is 5.32 Å². The van der Waals surface area contributed by atoms with Gasteiger partial charge in [0.05, 0.1) is 11.3 Å². The van der Waals surface area contributed by atoms with Crippen molar-refractivity contribution in [3.63, 3.8) is 0 Å². The van der Waals surface area contributed by atoms with E-state index in [0.29, 0.717) is 41.8 Å². The molecule has 1 aromatic rings. The largest absolute Gasteiger partial charge is 0.456 e. The molecule has 0 radical (unpaired) electrons. The third-order valence-corrected chi connectivity index (χ3v) is 5.85. The zero-order valence-corrected chi connectivity index (χ0v) is 19.3. The van der Waals surface area contributed by atoms with Crippen LogP contribution < -0.4 is 5.32 Å². The summed E-state index contributed by atoms with van der Waals surface area (Å²) in [5.41, 5.74) is 1.53. The highest BCUT2D eigenvalue weighted by Crippen LogP contribution is 2.41. The first kappa shape index (κ1) is 26.9. The summed E-state index contributed by atoms with van der Waals surface area (Å²) in [5, 5.41) is 2.79. The van der Waals surface area contributed by atoms with Crippen molar-refractivity contribution >= 4 is 28.5 Å². The van der Waals surface area contributed by atoms with Crippen molar-refractivity contribution in [2.75, 3.05) is 12.4 Å². The van der Waals surface area contributed by atoms with E-state index in [1.165, 1.54) is 0 Å². The molecule has 1 aromatic carbocycles. The molecule has 1 atom stereocenters. The van der Waals surface area contributed by atoms with E-state index < -0.39 is 30.6 Å². The average Bonchev–Trinajstić information content (AvgIpc) is 2.76. The van der Waals surface area contributed by atoms with Gasteiger partial charge < -0.3 is 10.1 Å². The van der Waals surface area contributed by atoms with Crippen LogP contribution in [0, 0.1) is 5.92 Å². The Hall–Kier alpha value is -2.36. The number of carbonyl (C=O) groups excluding carboxylic acids is 2. The summed E-state index contributed by atoms with van der Waals surface area (Å²) in [4.78, 5) is 25.9. The maximum atomic E-state index is 13.4. The van der Waals surface area contributed by atoms with Gasteiger partial charge >= 0.3 is 18.1 Å². The van der Waals surface area contributed by atoms with E-state index in [1.807, 2.05) is 13.8 Å². The molecule has 1 unspecified atom stereocenters. The second kappa shape index (κ2) is 11.2. The Balaban J connectivity index is 2.60. The molecule has 0 saturated heterocycles. The minimum absolute atomic E-state index is 0.127. The molecule has 0 bridgehead atoms. The Morgan fingerprint density at radius 3 is 2.18 bits per heavy atom. The molecule has 1 aliphatic heterocycles. The summed E-state index contributed by atoms with van der Waals surface area (Å²) in [5.74, 6) is -6.84. The van der Waals surface area contributed by atoms with Gasteiger partial charge in [0.25, 0.3) is 0 Å². The van der Waals surface area contributed by atoms with E-state index in [4.69, 9.17) is 0 Å². The van der Waals surface area contributed by atoms with Crippen LogP contribution in [0.3, 0.4) is 0 Å². The number of esters is 1. The van der Waals surface area contributed by atoms with Crippen molar-refractivity contribution in [2.24, 2.45) is 5.92 Å². The van der Waals surface area contributed by atoms with Crippen molar-refractivity contribution < 1.29 is 36.3 Å². The van der Waals surface area contributed by atoms with Gasteiger partial charge in [-0.25, -0.2) is 4.79 Å². The first-order chi connectivity index (χ1) is 15.5. The van der Waals surface area contributed by atoms with Crippen molar-refractivity contribution in [3.8, 4) is 0 Å². The Morgan fingerprint density at radius 2 is 1.67 bits per heavy atom. The lowest BCUT2D eigenvalue weighted by molar-refractivity contribution is -0.293. The predicted molar refractivity (Wildman–Crippen MR) is 117 cm³/mol. The fraction of sp³-hybridized carbons (Fsp3) is 0.478. The van der Waals surface area contributed by atoms with Crippen LogP contribution in [0.15, 0.2) is 47.2 Å². The summed E-state index contributed by atoms with van der Waals surface area (Å²) in [7, 11) is 0. The molecule has 182 valence electrons. The monoisotopic (exact) mass is 491 g/mol. The van der Waals surface area contributed by atoms with Gasteiger partial charge in [0.15, 0.2) is 6.61 Å².